The van der Waals surface area contributed by atoms with Crippen molar-refractivity contribution in [3.63, 3.8) is 0 Å². The Morgan fingerprint density at radius 1 is 0.485 bits per heavy atom. The number of carbonyl (C=O) groups excluding carboxylic acids is 2. The van der Waals surface area contributed by atoms with E-state index in [9.17, 15) is 45.3 Å². The van der Waals surface area contributed by atoms with Crippen LogP contribution in [0.1, 0.15) is 155 Å². The zero-order chi connectivity index (χ0) is 49.6. The number of rotatable bonds is 38. The first-order valence-electron chi connectivity index (χ1n) is 25.5. The Morgan fingerprint density at radius 2 is 0.926 bits per heavy atom. The lowest BCUT2D eigenvalue weighted by atomic mass is 9.98. The molecule has 2 heterocycles. The van der Waals surface area contributed by atoms with Gasteiger partial charge in [0.1, 0.15) is 55.4 Å². The average Bonchev–Trinajstić information content (AvgIpc) is 3.33. The van der Waals surface area contributed by atoms with E-state index in [0.29, 0.717) is 12.8 Å². The van der Waals surface area contributed by atoms with Crippen LogP contribution >= 0.6 is 0 Å². The minimum atomic E-state index is -1.78. The van der Waals surface area contributed by atoms with Gasteiger partial charge in [0.2, 0.25) is 0 Å². The standard InChI is InChI=1S/C53H88O15/c1-3-5-7-9-11-13-15-17-18-19-20-21-22-24-25-27-29-31-33-35-44(55)63-38-41(66-45(56)36-34-32-30-28-26-23-16-14-12-10-8-6-4-2)39-64-52-51(62)49(60)47(58)43(68-52)40-65-53-50(61)48(59)46(57)42(37-54)67-53/h5,7,11,13,17-18,20-21,23-26,41-43,46-54,57-62H,3-4,6,8-10,12,14-16,19,22,27-40H2,1-2H3/b7-5+,13-11+,18-17+,21-20+,25-24+,26-23+/t41-,42+,43+,46-,47-,48?,49?,50?,51?,52+,53+/m0/s1. The lowest BCUT2D eigenvalue weighted by Crippen LogP contribution is -2.61. The van der Waals surface area contributed by atoms with Crippen LogP contribution in [0.4, 0.5) is 0 Å². The van der Waals surface area contributed by atoms with Crippen molar-refractivity contribution in [1.82, 2.24) is 0 Å². The van der Waals surface area contributed by atoms with Gasteiger partial charge < -0.3 is 64.2 Å². The van der Waals surface area contributed by atoms with Crippen LogP contribution < -0.4 is 0 Å². The van der Waals surface area contributed by atoms with Crippen molar-refractivity contribution in [1.29, 1.82) is 0 Å². The molecule has 0 saturated carbocycles. The zero-order valence-electron chi connectivity index (χ0n) is 41.1. The molecule has 0 radical (unpaired) electrons. The highest BCUT2D eigenvalue weighted by Gasteiger charge is 2.47. The second kappa shape index (κ2) is 39.6. The number of aliphatic hydroxyl groups is 7. The van der Waals surface area contributed by atoms with Crippen molar-refractivity contribution in [2.75, 3.05) is 26.4 Å². The van der Waals surface area contributed by atoms with Crippen molar-refractivity contribution < 1.29 is 73.8 Å². The Balaban J connectivity index is 1.83. The first-order valence-corrected chi connectivity index (χ1v) is 25.5. The van der Waals surface area contributed by atoms with Crippen LogP contribution in [0.3, 0.4) is 0 Å². The molecule has 11 atom stereocenters. The van der Waals surface area contributed by atoms with E-state index < -0.39 is 99.3 Å². The zero-order valence-corrected chi connectivity index (χ0v) is 41.1. The van der Waals surface area contributed by atoms with Gasteiger partial charge >= 0.3 is 11.9 Å². The summed E-state index contributed by atoms with van der Waals surface area (Å²) < 4.78 is 33.5. The molecule has 2 aliphatic rings. The minimum Gasteiger partial charge on any atom is -0.462 e. The normalized spacial score (nSPS) is 26.4. The third-order valence-electron chi connectivity index (χ3n) is 11.7. The number of allylic oxidation sites excluding steroid dienone is 12. The molecule has 0 aliphatic carbocycles. The maximum Gasteiger partial charge on any atom is 0.306 e. The number of unbranched alkanes of at least 4 members (excludes halogenated alkanes) is 12. The van der Waals surface area contributed by atoms with E-state index in [1.54, 1.807) is 0 Å². The van der Waals surface area contributed by atoms with Crippen molar-refractivity contribution in [3.05, 3.63) is 72.9 Å². The Bertz CT molecular complexity index is 1460. The molecule has 390 valence electrons. The summed E-state index contributed by atoms with van der Waals surface area (Å²) in [6.07, 6.45) is 29.3. The van der Waals surface area contributed by atoms with E-state index in [4.69, 9.17) is 28.4 Å². The minimum absolute atomic E-state index is 0.134. The van der Waals surface area contributed by atoms with Crippen LogP contribution in [-0.2, 0) is 38.0 Å². The SMILES string of the molecule is CC/C=C/C/C=C/C/C=C/C/C=C/C/C=C/CCCCCC(=O)OC[C@@H](CO[C@@H]1O[C@H](CO[C@@H]2O[C@H](CO)[C@H](O)C(O)C2O)[C@H](O)C(O)C1O)OC(=O)CCCCC/C=C/CCCCCCCC. The first-order chi connectivity index (χ1) is 33.0. The third kappa shape index (κ3) is 27.4. The predicted molar refractivity (Wildman–Crippen MR) is 261 cm³/mol. The smallest absolute Gasteiger partial charge is 0.306 e. The summed E-state index contributed by atoms with van der Waals surface area (Å²) in [4.78, 5) is 25.7. The molecular weight excluding hydrogens is 877 g/mol. The van der Waals surface area contributed by atoms with Gasteiger partial charge in [-0.25, -0.2) is 0 Å². The van der Waals surface area contributed by atoms with Crippen LogP contribution in [0.5, 0.6) is 0 Å². The van der Waals surface area contributed by atoms with Gasteiger partial charge in [-0.3, -0.25) is 9.59 Å². The molecule has 4 unspecified atom stereocenters. The molecule has 2 saturated heterocycles. The van der Waals surface area contributed by atoms with Crippen LogP contribution in [-0.4, -0.2) is 142 Å². The van der Waals surface area contributed by atoms with Gasteiger partial charge in [-0.2, -0.15) is 0 Å². The third-order valence-corrected chi connectivity index (χ3v) is 11.7. The Morgan fingerprint density at radius 3 is 1.47 bits per heavy atom. The summed E-state index contributed by atoms with van der Waals surface area (Å²) in [7, 11) is 0. The summed E-state index contributed by atoms with van der Waals surface area (Å²) >= 11 is 0. The average molecular weight is 965 g/mol. The molecule has 2 fully saturated rings. The summed E-state index contributed by atoms with van der Waals surface area (Å²) in [5.74, 6) is -0.988. The number of hydrogen-bond acceptors (Lipinski definition) is 15. The fourth-order valence-electron chi connectivity index (χ4n) is 7.47. The molecule has 15 nitrogen and oxygen atoms in total. The maximum atomic E-state index is 13.0. The van der Waals surface area contributed by atoms with Gasteiger partial charge in [0.15, 0.2) is 18.7 Å². The van der Waals surface area contributed by atoms with Gasteiger partial charge in [0.05, 0.1) is 19.8 Å². The second-order valence-corrected chi connectivity index (χ2v) is 17.6. The molecule has 0 amide bonds. The van der Waals surface area contributed by atoms with Crippen LogP contribution in [0.25, 0.3) is 0 Å². The van der Waals surface area contributed by atoms with Crippen molar-refractivity contribution >= 4 is 11.9 Å². The van der Waals surface area contributed by atoms with E-state index in [1.807, 2.05) is 0 Å². The van der Waals surface area contributed by atoms with E-state index in [1.165, 1.54) is 38.5 Å². The second-order valence-electron chi connectivity index (χ2n) is 17.6. The van der Waals surface area contributed by atoms with Gasteiger partial charge in [-0.15, -0.1) is 0 Å². The van der Waals surface area contributed by atoms with Gasteiger partial charge in [-0.05, 0) is 83.5 Å². The highest BCUT2D eigenvalue weighted by Crippen LogP contribution is 2.26. The van der Waals surface area contributed by atoms with Crippen molar-refractivity contribution in [2.45, 2.75) is 223 Å². The summed E-state index contributed by atoms with van der Waals surface area (Å²) in [6.45, 7) is 2.40. The molecule has 7 N–H and O–H groups in total. The highest BCUT2D eigenvalue weighted by molar-refractivity contribution is 5.70. The molecule has 0 aromatic carbocycles. The topological polar surface area (TPSA) is 231 Å². The van der Waals surface area contributed by atoms with E-state index in [0.717, 1.165) is 77.0 Å². The quantitative estimate of drug-likeness (QED) is 0.0187. The number of hydrogen-bond donors (Lipinski definition) is 7. The lowest BCUT2D eigenvalue weighted by Gasteiger charge is -2.42. The number of aliphatic hydroxyl groups excluding tert-OH is 7. The van der Waals surface area contributed by atoms with Crippen molar-refractivity contribution in [2.24, 2.45) is 0 Å². The molecule has 0 aromatic rings. The number of carbonyl (C=O) groups is 2. The van der Waals surface area contributed by atoms with Crippen molar-refractivity contribution in [3.8, 4) is 0 Å². The highest BCUT2D eigenvalue weighted by atomic mass is 16.7. The number of esters is 2. The largest absolute Gasteiger partial charge is 0.462 e. The summed E-state index contributed by atoms with van der Waals surface area (Å²) in [6, 6.07) is 0. The summed E-state index contributed by atoms with van der Waals surface area (Å²) in [5, 5.41) is 72.0. The lowest BCUT2D eigenvalue weighted by molar-refractivity contribution is -0.332. The van der Waals surface area contributed by atoms with Gasteiger partial charge in [0, 0.05) is 12.8 Å². The Kier molecular flexibility index (Phi) is 35.6. The Hall–Kier alpha value is -3.06. The fraction of sp³-hybridized carbons (Fsp3) is 0.736. The first kappa shape index (κ1) is 61.1. The van der Waals surface area contributed by atoms with Crippen LogP contribution in [0.15, 0.2) is 72.9 Å². The van der Waals surface area contributed by atoms with E-state index in [-0.39, 0.29) is 19.4 Å². The van der Waals surface area contributed by atoms with Gasteiger partial charge in [-0.1, -0.05) is 132 Å². The molecule has 68 heavy (non-hydrogen) atoms. The van der Waals surface area contributed by atoms with Gasteiger partial charge in [0.25, 0.3) is 0 Å². The molecule has 15 heteroatoms. The molecule has 0 bridgehead atoms. The maximum absolute atomic E-state index is 13.0. The molecule has 2 rings (SSSR count). The fourth-order valence-corrected chi connectivity index (χ4v) is 7.47. The monoisotopic (exact) mass is 965 g/mol. The van der Waals surface area contributed by atoms with E-state index in [2.05, 4.69) is 86.8 Å². The molecule has 0 aromatic heterocycles. The predicted octanol–water partition coefficient (Wildman–Crippen LogP) is 7.04. The molecular formula is C53H88O15. The van der Waals surface area contributed by atoms with Crippen LogP contribution in [0.2, 0.25) is 0 Å². The molecule has 2 aliphatic heterocycles. The molecule has 0 spiro atoms. The number of ether oxygens (including phenoxy) is 6. The van der Waals surface area contributed by atoms with Crippen LogP contribution in [0, 0.1) is 0 Å². The van der Waals surface area contributed by atoms with E-state index >= 15 is 0 Å². The Labute approximate surface area is 406 Å². The summed E-state index contributed by atoms with van der Waals surface area (Å²) in [5.41, 5.74) is 0.